The van der Waals surface area contributed by atoms with Crippen molar-refractivity contribution < 1.29 is 19.0 Å². The van der Waals surface area contributed by atoms with E-state index in [0.717, 1.165) is 13.0 Å². The van der Waals surface area contributed by atoms with Crippen LogP contribution in [0, 0.1) is 0 Å². The molecule has 0 aliphatic carbocycles. The summed E-state index contributed by atoms with van der Waals surface area (Å²) < 4.78 is 15.8. The Morgan fingerprint density at radius 1 is 1.11 bits per heavy atom. The first kappa shape index (κ1) is 17.4. The summed E-state index contributed by atoms with van der Waals surface area (Å²) in [5.74, 6) is -0.277. The molecule has 0 amide bonds. The van der Waals surface area contributed by atoms with E-state index in [4.69, 9.17) is 14.2 Å². The highest BCUT2D eigenvalue weighted by Crippen LogP contribution is 2.07. The number of carbonyl (C=O) groups excluding carboxylic acids is 1. The van der Waals surface area contributed by atoms with Gasteiger partial charge in [-0.15, -0.1) is 0 Å². The lowest BCUT2D eigenvalue weighted by atomic mass is 10.0. The third-order valence-electron chi connectivity index (χ3n) is 2.40. The summed E-state index contributed by atoms with van der Waals surface area (Å²) in [5.41, 5.74) is -0.782. The largest absolute Gasteiger partial charge is 0.465 e. The zero-order valence-electron chi connectivity index (χ0n) is 12.1. The maximum absolute atomic E-state index is 11.8. The van der Waals surface area contributed by atoms with Gasteiger partial charge in [0.25, 0.3) is 0 Å². The van der Waals surface area contributed by atoms with E-state index in [9.17, 15) is 4.79 Å². The molecule has 0 radical (unpaired) electrons. The first-order chi connectivity index (χ1) is 8.60. The number of hydrogen-bond donors (Lipinski definition) is 1. The van der Waals surface area contributed by atoms with E-state index < -0.39 is 5.54 Å². The summed E-state index contributed by atoms with van der Waals surface area (Å²) in [6.45, 7) is 10.7. The fourth-order valence-electron chi connectivity index (χ4n) is 1.50. The van der Waals surface area contributed by atoms with Crippen LogP contribution < -0.4 is 5.32 Å². The van der Waals surface area contributed by atoms with Crippen LogP contribution in [0.1, 0.15) is 34.1 Å². The predicted octanol–water partition coefficient (Wildman–Crippen LogP) is 1.36. The number of esters is 1. The van der Waals surface area contributed by atoms with Crippen molar-refractivity contribution in [2.75, 3.05) is 39.6 Å². The molecule has 0 aliphatic heterocycles. The lowest BCUT2D eigenvalue weighted by Gasteiger charge is -2.27. The van der Waals surface area contributed by atoms with Crippen molar-refractivity contribution in [2.45, 2.75) is 39.7 Å². The van der Waals surface area contributed by atoms with Gasteiger partial charge in [0.05, 0.1) is 26.4 Å². The molecule has 0 bridgehead atoms. The minimum absolute atomic E-state index is 0.277. The maximum Gasteiger partial charge on any atom is 0.328 e. The van der Waals surface area contributed by atoms with Crippen LogP contribution in [0.15, 0.2) is 0 Å². The Labute approximate surface area is 110 Å². The van der Waals surface area contributed by atoms with E-state index in [2.05, 4.69) is 12.2 Å². The highest BCUT2D eigenvalue weighted by Gasteiger charge is 2.34. The van der Waals surface area contributed by atoms with Gasteiger partial charge >= 0.3 is 5.97 Å². The van der Waals surface area contributed by atoms with Gasteiger partial charge in [0.1, 0.15) is 5.54 Å². The van der Waals surface area contributed by atoms with Crippen LogP contribution in [0.2, 0.25) is 0 Å². The summed E-state index contributed by atoms with van der Waals surface area (Å²) in [6.07, 6.45) is 0.998. The molecule has 1 atom stereocenters. The molecule has 18 heavy (non-hydrogen) atoms. The van der Waals surface area contributed by atoms with Gasteiger partial charge in [-0.25, -0.2) is 4.79 Å². The first-order valence-electron chi connectivity index (χ1n) is 6.68. The summed E-state index contributed by atoms with van der Waals surface area (Å²) in [4.78, 5) is 11.8. The Balaban J connectivity index is 3.98. The molecule has 0 aromatic rings. The molecule has 0 aromatic carbocycles. The molecule has 0 heterocycles. The number of rotatable bonds is 11. The SMILES string of the molecule is CCCOCCOCC(C)(NCC)C(=O)OCC. The molecule has 5 nitrogen and oxygen atoms in total. The van der Waals surface area contributed by atoms with Gasteiger partial charge in [-0.05, 0) is 26.8 Å². The van der Waals surface area contributed by atoms with E-state index in [1.807, 2.05) is 6.92 Å². The topological polar surface area (TPSA) is 56.8 Å². The average molecular weight is 261 g/mol. The van der Waals surface area contributed by atoms with Crippen LogP contribution in [0.5, 0.6) is 0 Å². The highest BCUT2D eigenvalue weighted by molar-refractivity contribution is 5.80. The third-order valence-corrected chi connectivity index (χ3v) is 2.40. The molecule has 0 saturated carbocycles. The molecule has 1 N–H and O–H groups in total. The fourth-order valence-corrected chi connectivity index (χ4v) is 1.50. The first-order valence-corrected chi connectivity index (χ1v) is 6.68. The highest BCUT2D eigenvalue weighted by atomic mass is 16.5. The van der Waals surface area contributed by atoms with Crippen LogP contribution in [0.25, 0.3) is 0 Å². The van der Waals surface area contributed by atoms with Crippen molar-refractivity contribution in [2.24, 2.45) is 0 Å². The summed E-state index contributed by atoms with van der Waals surface area (Å²) in [7, 11) is 0. The standard InChI is InChI=1S/C13H27NO4/c1-5-8-16-9-10-17-11-13(4,14-6-2)12(15)18-7-3/h14H,5-11H2,1-4H3. The van der Waals surface area contributed by atoms with E-state index in [1.54, 1.807) is 13.8 Å². The second kappa shape index (κ2) is 10.3. The van der Waals surface area contributed by atoms with Crippen LogP contribution in [-0.2, 0) is 19.0 Å². The molecule has 5 heteroatoms. The maximum atomic E-state index is 11.8. The van der Waals surface area contributed by atoms with Crippen LogP contribution in [-0.4, -0.2) is 51.1 Å². The van der Waals surface area contributed by atoms with Crippen LogP contribution in [0.3, 0.4) is 0 Å². The monoisotopic (exact) mass is 261 g/mol. The predicted molar refractivity (Wildman–Crippen MR) is 70.6 cm³/mol. The van der Waals surface area contributed by atoms with Gasteiger partial charge in [-0.2, -0.15) is 0 Å². The number of carbonyl (C=O) groups is 1. The molecule has 0 spiro atoms. The molecule has 0 aromatic heterocycles. The zero-order chi connectivity index (χ0) is 13.9. The van der Waals surface area contributed by atoms with Crippen molar-refractivity contribution in [3.8, 4) is 0 Å². The Kier molecular flexibility index (Phi) is 9.92. The average Bonchev–Trinajstić information content (AvgIpc) is 2.34. The minimum atomic E-state index is -0.782. The van der Waals surface area contributed by atoms with Crippen molar-refractivity contribution in [3.05, 3.63) is 0 Å². The quantitative estimate of drug-likeness (QED) is 0.449. The van der Waals surface area contributed by atoms with Crippen molar-refractivity contribution >= 4 is 5.97 Å². The van der Waals surface area contributed by atoms with Gasteiger partial charge in [0.15, 0.2) is 0 Å². The zero-order valence-corrected chi connectivity index (χ0v) is 12.1. The molecule has 108 valence electrons. The van der Waals surface area contributed by atoms with Gasteiger partial charge in [-0.1, -0.05) is 13.8 Å². The lowest BCUT2D eigenvalue weighted by molar-refractivity contribution is -0.153. The van der Waals surface area contributed by atoms with E-state index >= 15 is 0 Å². The summed E-state index contributed by atoms with van der Waals surface area (Å²) in [6, 6.07) is 0. The Hall–Kier alpha value is -0.650. The van der Waals surface area contributed by atoms with Crippen molar-refractivity contribution in [1.82, 2.24) is 5.32 Å². The molecule has 1 unspecified atom stereocenters. The smallest absolute Gasteiger partial charge is 0.328 e. The molecule has 0 aliphatic rings. The van der Waals surface area contributed by atoms with Gasteiger partial charge in [0.2, 0.25) is 0 Å². The van der Waals surface area contributed by atoms with Crippen molar-refractivity contribution in [3.63, 3.8) is 0 Å². The Bertz CT molecular complexity index is 223. The minimum Gasteiger partial charge on any atom is -0.465 e. The summed E-state index contributed by atoms with van der Waals surface area (Å²) >= 11 is 0. The molecule has 0 fully saturated rings. The number of likely N-dealkylation sites (N-methyl/N-ethyl adjacent to an activating group) is 1. The van der Waals surface area contributed by atoms with E-state index in [1.165, 1.54) is 0 Å². The molecular formula is C13H27NO4. The Morgan fingerprint density at radius 3 is 2.33 bits per heavy atom. The second-order valence-corrected chi connectivity index (χ2v) is 4.25. The van der Waals surface area contributed by atoms with E-state index in [0.29, 0.717) is 26.4 Å². The van der Waals surface area contributed by atoms with Gasteiger partial charge < -0.3 is 19.5 Å². The Morgan fingerprint density at radius 2 is 1.78 bits per heavy atom. The number of nitrogens with one attached hydrogen (secondary N) is 1. The van der Waals surface area contributed by atoms with Crippen molar-refractivity contribution in [1.29, 1.82) is 0 Å². The van der Waals surface area contributed by atoms with E-state index in [-0.39, 0.29) is 12.6 Å². The van der Waals surface area contributed by atoms with Gasteiger partial charge in [0, 0.05) is 6.61 Å². The lowest BCUT2D eigenvalue weighted by Crippen LogP contribution is -2.54. The van der Waals surface area contributed by atoms with Crippen LogP contribution >= 0.6 is 0 Å². The molecular weight excluding hydrogens is 234 g/mol. The van der Waals surface area contributed by atoms with Gasteiger partial charge in [-0.3, -0.25) is 0 Å². The second-order valence-electron chi connectivity index (χ2n) is 4.25. The molecule has 0 rings (SSSR count). The molecule has 0 saturated heterocycles. The third kappa shape index (κ3) is 6.93. The summed E-state index contributed by atoms with van der Waals surface area (Å²) in [5, 5.41) is 3.11. The van der Waals surface area contributed by atoms with Crippen LogP contribution in [0.4, 0.5) is 0 Å². The number of ether oxygens (including phenoxy) is 3. The number of hydrogen-bond acceptors (Lipinski definition) is 5. The fraction of sp³-hybridized carbons (Fsp3) is 0.923. The normalized spacial score (nSPS) is 14.2.